The van der Waals surface area contributed by atoms with Crippen molar-refractivity contribution < 1.29 is 13.1 Å². The van der Waals surface area contributed by atoms with E-state index in [0.717, 1.165) is 56.0 Å². The number of hydrogen-bond acceptors (Lipinski definition) is 4. The van der Waals surface area contributed by atoms with Gasteiger partial charge in [0.25, 0.3) is 0 Å². The standard InChI is InChI=1S/C26H21N5.2ClH.Fe/c1-17(29-23-11-3-7-19-9-5-15-27-25(19)23)21-13-14-22(31-21)18(2)30-24-12-4-8-20-10-6-16-28-26(20)24;;;/h3-16,31H,1-2H3;2*1H;/q;;;+2/p-2. The summed E-state index contributed by atoms with van der Waals surface area (Å²) in [5, 5.41) is 2.16. The van der Waals surface area contributed by atoms with Gasteiger partial charge in [0, 0.05) is 23.2 Å². The number of H-pyrrole nitrogens is 1. The predicted octanol–water partition coefficient (Wildman–Crippen LogP) is 7.77. The van der Waals surface area contributed by atoms with Gasteiger partial charge in [-0.15, -0.1) is 0 Å². The van der Waals surface area contributed by atoms with E-state index in [2.05, 4.69) is 15.0 Å². The zero-order chi connectivity index (χ0) is 23.9. The van der Waals surface area contributed by atoms with Crippen molar-refractivity contribution in [1.29, 1.82) is 0 Å². The van der Waals surface area contributed by atoms with Gasteiger partial charge in [-0.2, -0.15) is 0 Å². The summed E-state index contributed by atoms with van der Waals surface area (Å²) in [7, 11) is 9.53. The van der Waals surface area contributed by atoms with Gasteiger partial charge in [-0.3, -0.25) is 9.97 Å². The van der Waals surface area contributed by atoms with Crippen molar-refractivity contribution in [2.45, 2.75) is 13.8 Å². The molecule has 0 saturated heterocycles. The molecule has 5 nitrogen and oxygen atoms in total. The van der Waals surface area contributed by atoms with Crippen LogP contribution in [0.5, 0.6) is 0 Å². The van der Waals surface area contributed by atoms with Gasteiger partial charge in [-0.05, 0) is 50.2 Å². The van der Waals surface area contributed by atoms with Crippen LogP contribution in [0.2, 0.25) is 0 Å². The molecule has 3 heterocycles. The number of nitrogens with zero attached hydrogens (tertiary/aromatic N) is 4. The number of benzene rings is 2. The number of fused-ring (bicyclic) bond motifs is 2. The first kappa shape index (κ1) is 24.1. The molecule has 0 aliphatic rings. The monoisotopic (exact) mass is 529 g/mol. The number of hydrogen-bond donors (Lipinski definition) is 1. The zero-order valence-electron chi connectivity index (χ0n) is 18.5. The third-order valence-corrected chi connectivity index (χ3v) is 5.26. The SMILES string of the molecule is CC(=Nc1cccc2cccnc12)c1ccc(C(C)=Nc2cccc3cccnc23)[nH]1.[Cl][Fe][Cl]. The Labute approximate surface area is 212 Å². The van der Waals surface area contributed by atoms with Crippen molar-refractivity contribution >= 4 is 64.8 Å². The number of rotatable bonds is 4. The van der Waals surface area contributed by atoms with Crippen LogP contribution in [0.3, 0.4) is 0 Å². The van der Waals surface area contributed by atoms with E-state index >= 15 is 0 Å². The van der Waals surface area contributed by atoms with E-state index in [4.69, 9.17) is 30.2 Å². The summed E-state index contributed by atoms with van der Waals surface area (Å²) in [5.74, 6) is 0. The second kappa shape index (κ2) is 11.4. The first-order chi connectivity index (χ1) is 16.6. The summed E-state index contributed by atoms with van der Waals surface area (Å²) in [6.07, 6.45) is 3.59. The van der Waals surface area contributed by atoms with Crippen LogP contribution in [0.15, 0.2) is 95.2 Å². The first-order valence-electron chi connectivity index (χ1n) is 10.4. The van der Waals surface area contributed by atoms with Gasteiger partial charge in [-0.1, -0.05) is 36.4 Å². The summed E-state index contributed by atoms with van der Waals surface area (Å²) >= 11 is 0.194. The molecule has 34 heavy (non-hydrogen) atoms. The molecule has 0 atom stereocenters. The van der Waals surface area contributed by atoms with Crippen molar-refractivity contribution in [2.24, 2.45) is 9.98 Å². The van der Waals surface area contributed by atoms with Gasteiger partial charge in [-0.25, -0.2) is 9.98 Å². The summed E-state index contributed by atoms with van der Waals surface area (Å²) in [4.78, 5) is 22.1. The van der Waals surface area contributed by atoms with Gasteiger partial charge in [0.2, 0.25) is 0 Å². The molecule has 0 aliphatic heterocycles. The Hall–Kier alpha value is -3.02. The number of aromatic nitrogens is 3. The molecule has 5 rings (SSSR count). The third-order valence-electron chi connectivity index (χ3n) is 5.26. The van der Waals surface area contributed by atoms with Gasteiger partial charge >= 0.3 is 33.3 Å². The molecule has 0 aliphatic carbocycles. The second-order valence-corrected chi connectivity index (χ2v) is 9.26. The van der Waals surface area contributed by atoms with Crippen molar-refractivity contribution in [2.75, 3.05) is 0 Å². The van der Waals surface area contributed by atoms with Crippen LogP contribution >= 0.6 is 20.2 Å². The van der Waals surface area contributed by atoms with E-state index in [-0.39, 0.29) is 13.1 Å². The molecule has 0 spiro atoms. The van der Waals surface area contributed by atoms with Gasteiger partial charge in [0.1, 0.15) is 0 Å². The number of nitrogens with one attached hydrogen (secondary N) is 1. The quantitative estimate of drug-likeness (QED) is 0.191. The van der Waals surface area contributed by atoms with E-state index in [0.29, 0.717) is 0 Å². The number of para-hydroxylation sites is 2. The summed E-state index contributed by atoms with van der Waals surface area (Å²) in [6.45, 7) is 4.00. The van der Waals surface area contributed by atoms with Crippen LogP contribution in [0.25, 0.3) is 21.8 Å². The van der Waals surface area contributed by atoms with Crippen molar-refractivity contribution in [3.8, 4) is 0 Å². The molecule has 8 heteroatoms. The Balaban J connectivity index is 0.000000868. The minimum absolute atomic E-state index is 0.194. The summed E-state index contributed by atoms with van der Waals surface area (Å²) in [6, 6.07) is 24.1. The second-order valence-electron chi connectivity index (χ2n) is 7.44. The molecular formula is C26H21Cl2FeN5. The number of aliphatic imine (C=N–C) groups is 2. The Morgan fingerprint density at radius 2 is 1.09 bits per heavy atom. The van der Waals surface area contributed by atoms with Crippen LogP contribution in [-0.4, -0.2) is 26.4 Å². The molecule has 0 fully saturated rings. The van der Waals surface area contributed by atoms with E-state index in [9.17, 15) is 0 Å². The fourth-order valence-electron chi connectivity index (χ4n) is 3.66. The van der Waals surface area contributed by atoms with Crippen molar-refractivity contribution in [3.63, 3.8) is 0 Å². The molecule has 5 aromatic rings. The van der Waals surface area contributed by atoms with Crippen LogP contribution < -0.4 is 0 Å². The molecule has 172 valence electrons. The molecule has 0 bridgehead atoms. The predicted molar refractivity (Wildman–Crippen MR) is 140 cm³/mol. The normalized spacial score (nSPS) is 12.1. The number of halogens is 2. The maximum absolute atomic E-state index is 4.83. The molecule has 1 N–H and O–H groups in total. The van der Waals surface area contributed by atoms with Crippen LogP contribution in [0.4, 0.5) is 11.4 Å². The fourth-order valence-corrected chi connectivity index (χ4v) is 3.66. The van der Waals surface area contributed by atoms with Crippen molar-refractivity contribution in [3.05, 3.63) is 96.6 Å². The van der Waals surface area contributed by atoms with Gasteiger partial charge in [0.05, 0.1) is 45.2 Å². The van der Waals surface area contributed by atoms with Crippen LogP contribution in [0.1, 0.15) is 25.2 Å². The molecular weight excluding hydrogens is 509 g/mol. The summed E-state index contributed by atoms with van der Waals surface area (Å²) < 4.78 is 0. The van der Waals surface area contributed by atoms with Gasteiger partial charge < -0.3 is 4.98 Å². The Bertz CT molecular complexity index is 1370. The van der Waals surface area contributed by atoms with E-state index < -0.39 is 0 Å². The number of aromatic amines is 1. The van der Waals surface area contributed by atoms with Crippen LogP contribution in [-0.2, 0) is 13.1 Å². The molecule has 2 aromatic carbocycles. The maximum atomic E-state index is 4.83. The first-order valence-corrected chi connectivity index (χ1v) is 13.5. The molecule has 0 radical (unpaired) electrons. The molecule has 3 aromatic heterocycles. The van der Waals surface area contributed by atoms with Crippen molar-refractivity contribution in [1.82, 2.24) is 15.0 Å². The molecule has 0 amide bonds. The Kier molecular flexibility index (Phi) is 8.09. The average molecular weight is 530 g/mol. The Morgan fingerprint density at radius 1 is 0.676 bits per heavy atom. The van der Waals surface area contributed by atoms with E-state index in [1.54, 1.807) is 12.4 Å². The third kappa shape index (κ3) is 5.54. The van der Waals surface area contributed by atoms with E-state index in [1.165, 1.54) is 0 Å². The summed E-state index contributed by atoms with van der Waals surface area (Å²) in [5.41, 5.74) is 7.21. The average Bonchev–Trinajstić information content (AvgIpc) is 3.36. The zero-order valence-corrected chi connectivity index (χ0v) is 21.1. The molecule has 0 unspecified atom stereocenters. The number of pyridine rings is 2. The van der Waals surface area contributed by atoms with Crippen LogP contribution in [0, 0.1) is 0 Å². The Morgan fingerprint density at radius 3 is 1.53 bits per heavy atom. The van der Waals surface area contributed by atoms with Gasteiger partial charge in [0.15, 0.2) is 0 Å². The minimum atomic E-state index is 0.194. The fraction of sp³-hybridized carbons (Fsp3) is 0.0769. The van der Waals surface area contributed by atoms with E-state index in [1.807, 2.05) is 86.6 Å². The molecule has 0 saturated carbocycles. The topological polar surface area (TPSA) is 66.3 Å².